The molecular formula is C10H17NO4S. The summed E-state index contributed by atoms with van der Waals surface area (Å²) < 4.78 is 11.1. The molecule has 1 aliphatic heterocycles. The summed E-state index contributed by atoms with van der Waals surface area (Å²) in [6.07, 6.45) is -0.00499. The van der Waals surface area contributed by atoms with Gasteiger partial charge in [-0.3, -0.25) is 13.8 Å². The first-order valence-electron chi connectivity index (χ1n) is 5.19. The molecule has 0 bridgehead atoms. The Morgan fingerprint density at radius 3 is 2.25 bits per heavy atom. The van der Waals surface area contributed by atoms with Crippen LogP contribution in [0, 0.1) is 5.41 Å². The van der Waals surface area contributed by atoms with Gasteiger partial charge in [0.1, 0.15) is 0 Å². The molecule has 1 aliphatic rings. The van der Waals surface area contributed by atoms with Gasteiger partial charge in [0.2, 0.25) is 5.91 Å². The normalized spacial score (nSPS) is 18.5. The van der Waals surface area contributed by atoms with Crippen molar-refractivity contribution in [2.24, 2.45) is 5.41 Å². The fraction of sp³-hybridized carbons (Fsp3) is 0.800. The lowest BCUT2D eigenvalue weighted by Gasteiger charge is -2.29. The van der Waals surface area contributed by atoms with Gasteiger partial charge < -0.3 is 10.0 Å². The standard InChI is InChI=1S/C10H17NO4S/c1-10(2,9(13)14)7-8(12)11-3-5-16(15)6-4-11/h3-7H2,1-2H3,(H,13,14). The third-order valence-electron chi connectivity index (χ3n) is 2.70. The molecule has 0 aromatic rings. The van der Waals surface area contributed by atoms with Crippen molar-refractivity contribution in [2.75, 3.05) is 24.6 Å². The van der Waals surface area contributed by atoms with Crippen LogP contribution in [0.3, 0.4) is 0 Å². The number of carbonyl (C=O) groups excluding carboxylic acids is 1. The smallest absolute Gasteiger partial charge is 0.309 e. The van der Waals surface area contributed by atoms with Crippen LogP contribution in [0.5, 0.6) is 0 Å². The van der Waals surface area contributed by atoms with Crippen LogP contribution in [-0.2, 0) is 20.4 Å². The number of hydrogen-bond acceptors (Lipinski definition) is 3. The minimum Gasteiger partial charge on any atom is -0.481 e. The highest BCUT2D eigenvalue weighted by molar-refractivity contribution is 7.85. The molecule has 5 nitrogen and oxygen atoms in total. The number of nitrogens with zero attached hydrogens (tertiary/aromatic N) is 1. The minimum absolute atomic E-state index is 0.00499. The molecule has 0 spiro atoms. The van der Waals surface area contributed by atoms with Crippen molar-refractivity contribution in [3.05, 3.63) is 0 Å². The van der Waals surface area contributed by atoms with Gasteiger partial charge in [-0.2, -0.15) is 0 Å². The molecule has 1 amide bonds. The van der Waals surface area contributed by atoms with E-state index in [4.69, 9.17) is 5.11 Å². The van der Waals surface area contributed by atoms with Crippen LogP contribution in [0.4, 0.5) is 0 Å². The summed E-state index contributed by atoms with van der Waals surface area (Å²) in [5, 5.41) is 8.91. The molecule has 0 atom stereocenters. The van der Waals surface area contributed by atoms with Crippen molar-refractivity contribution in [2.45, 2.75) is 20.3 Å². The molecule has 16 heavy (non-hydrogen) atoms. The minimum atomic E-state index is -1.03. The van der Waals surface area contributed by atoms with Crippen LogP contribution >= 0.6 is 0 Å². The van der Waals surface area contributed by atoms with Gasteiger partial charge in [0, 0.05) is 41.8 Å². The molecule has 92 valence electrons. The lowest BCUT2D eigenvalue weighted by atomic mass is 9.89. The van der Waals surface area contributed by atoms with Gasteiger partial charge in [0.25, 0.3) is 0 Å². The number of carboxylic acid groups (broad SMARTS) is 1. The average molecular weight is 247 g/mol. The van der Waals surface area contributed by atoms with E-state index in [9.17, 15) is 13.8 Å². The van der Waals surface area contributed by atoms with E-state index < -0.39 is 22.2 Å². The highest BCUT2D eigenvalue weighted by Crippen LogP contribution is 2.22. The molecule has 1 fully saturated rings. The summed E-state index contributed by atoms with van der Waals surface area (Å²) in [5.41, 5.74) is -1.03. The van der Waals surface area contributed by atoms with Gasteiger partial charge in [-0.05, 0) is 13.8 Å². The second-order valence-corrected chi connectivity index (χ2v) is 6.29. The molecule has 0 unspecified atom stereocenters. The molecule has 1 heterocycles. The van der Waals surface area contributed by atoms with Crippen molar-refractivity contribution in [3.63, 3.8) is 0 Å². The number of carbonyl (C=O) groups is 2. The number of carboxylic acids is 1. The van der Waals surface area contributed by atoms with Gasteiger partial charge in [-0.15, -0.1) is 0 Å². The molecule has 0 aromatic carbocycles. The van der Waals surface area contributed by atoms with Gasteiger partial charge in [-0.25, -0.2) is 0 Å². The number of rotatable bonds is 3. The third-order valence-corrected chi connectivity index (χ3v) is 3.98. The zero-order valence-corrected chi connectivity index (χ0v) is 10.4. The monoisotopic (exact) mass is 247 g/mol. The van der Waals surface area contributed by atoms with E-state index in [1.165, 1.54) is 13.8 Å². The number of hydrogen-bond donors (Lipinski definition) is 1. The molecule has 0 saturated carbocycles. The Morgan fingerprint density at radius 2 is 1.81 bits per heavy atom. The summed E-state index contributed by atoms with van der Waals surface area (Å²) in [6.45, 7) is 4.02. The molecule has 6 heteroatoms. The van der Waals surface area contributed by atoms with Crippen LogP contribution in [0.25, 0.3) is 0 Å². The summed E-state index contributed by atoms with van der Waals surface area (Å²) in [6, 6.07) is 0. The highest BCUT2D eigenvalue weighted by atomic mass is 32.2. The Balaban J connectivity index is 2.53. The summed E-state index contributed by atoms with van der Waals surface area (Å²) in [4.78, 5) is 24.3. The largest absolute Gasteiger partial charge is 0.481 e. The van der Waals surface area contributed by atoms with E-state index >= 15 is 0 Å². The van der Waals surface area contributed by atoms with Crippen molar-refractivity contribution in [3.8, 4) is 0 Å². The Hall–Kier alpha value is -0.910. The summed E-state index contributed by atoms with van der Waals surface area (Å²) in [7, 11) is -0.820. The molecular weight excluding hydrogens is 230 g/mol. The van der Waals surface area contributed by atoms with Crippen molar-refractivity contribution < 1.29 is 18.9 Å². The maximum Gasteiger partial charge on any atom is 0.309 e. The Labute approximate surface area is 97.3 Å². The van der Waals surface area contributed by atoms with E-state index in [0.717, 1.165) is 0 Å². The fourth-order valence-corrected chi connectivity index (χ4v) is 2.50. The molecule has 1 rings (SSSR count). The van der Waals surface area contributed by atoms with Crippen LogP contribution in [-0.4, -0.2) is 50.7 Å². The van der Waals surface area contributed by atoms with Crippen molar-refractivity contribution >= 4 is 22.7 Å². The van der Waals surface area contributed by atoms with Crippen molar-refractivity contribution in [1.29, 1.82) is 0 Å². The van der Waals surface area contributed by atoms with Gasteiger partial charge in [0.05, 0.1) is 5.41 Å². The maximum absolute atomic E-state index is 11.8. The molecule has 0 radical (unpaired) electrons. The first kappa shape index (κ1) is 13.2. The number of amides is 1. The second-order valence-electron chi connectivity index (χ2n) is 4.59. The lowest BCUT2D eigenvalue weighted by molar-refractivity contribution is -0.151. The Bertz CT molecular complexity index is 317. The topological polar surface area (TPSA) is 74.7 Å². The zero-order valence-electron chi connectivity index (χ0n) is 9.56. The van der Waals surface area contributed by atoms with E-state index in [0.29, 0.717) is 24.6 Å². The first-order chi connectivity index (χ1) is 7.33. The van der Waals surface area contributed by atoms with Crippen LogP contribution in [0.15, 0.2) is 0 Å². The molecule has 0 aliphatic carbocycles. The first-order valence-corrected chi connectivity index (χ1v) is 6.68. The van der Waals surface area contributed by atoms with Crippen LogP contribution in [0.2, 0.25) is 0 Å². The predicted octanol–water partition coefficient (Wildman–Crippen LogP) is 0.0782. The third kappa shape index (κ3) is 3.30. The van der Waals surface area contributed by atoms with E-state index in [1.54, 1.807) is 4.90 Å². The Kier molecular flexibility index (Phi) is 4.07. The van der Waals surface area contributed by atoms with Gasteiger partial charge in [0.15, 0.2) is 0 Å². The fourth-order valence-electron chi connectivity index (χ4n) is 1.45. The van der Waals surface area contributed by atoms with Crippen LogP contribution < -0.4 is 0 Å². The SMILES string of the molecule is CC(C)(CC(=O)N1CCS(=O)CC1)C(=O)O. The van der Waals surface area contributed by atoms with Gasteiger partial charge >= 0.3 is 5.97 Å². The number of aliphatic carboxylic acids is 1. The Morgan fingerprint density at radius 1 is 1.31 bits per heavy atom. The van der Waals surface area contributed by atoms with Gasteiger partial charge in [-0.1, -0.05) is 0 Å². The zero-order chi connectivity index (χ0) is 12.3. The average Bonchev–Trinajstić information content (AvgIpc) is 2.17. The highest BCUT2D eigenvalue weighted by Gasteiger charge is 2.32. The summed E-state index contributed by atoms with van der Waals surface area (Å²) in [5.74, 6) is -0.135. The lowest BCUT2D eigenvalue weighted by Crippen LogP contribution is -2.44. The van der Waals surface area contributed by atoms with E-state index in [-0.39, 0.29) is 12.3 Å². The van der Waals surface area contributed by atoms with Crippen LogP contribution in [0.1, 0.15) is 20.3 Å². The molecule has 1 N–H and O–H groups in total. The summed E-state index contributed by atoms with van der Waals surface area (Å²) >= 11 is 0. The maximum atomic E-state index is 11.8. The molecule has 0 aromatic heterocycles. The van der Waals surface area contributed by atoms with E-state index in [2.05, 4.69) is 0 Å². The molecule has 1 saturated heterocycles. The predicted molar refractivity (Wildman–Crippen MR) is 60.5 cm³/mol. The van der Waals surface area contributed by atoms with E-state index in [1.807, 2.05) is 0 Å². The van der Waals surface area contributed by atoms with Crippen molar-refractivity contribution in [1.82, 2.24) is 4.90 Å². The second kappa shape index (κ2) is 4.95. The quantitative estimate of drug-likeness (QED) is 0.766.